The van der Waals surface area contributed by atoms with E-state index in [0.29, 0.717) is 5.02 Å². The lowest BCUT2D eigenvalue weighted by atomic mass is 10.2. The molecule has 0 bridgehead atoms. The van der Waals surface area contributed by atoms with Crippen LogP contribution in [0.2, 0.25) is 5.02 Å². The molecular weight excluding hydrogens is 286 g/mol. The summed E-state index contributed by atoms with van der Waals surface area (Å²) in [6, 6.07) is 13.2. The van der Waals surface area contributed by atoms with Crippen molar-refractivity contribution < 1.29 is 13.5 Å². The number of hydrogen-bond donors (Lipinski definition) is 1. The van der Waals surface area contributed by atoms with Crippen molar-refractivity contribution in [3.05, 3.63) is 59.1 Å². The van der Waals surface area contributed by atoms with Crippen molar-refractivity contribution in [2.45, 2.75) is 6.61 Å². The summed E-state index contributed by atoms with van der Waals surface area (Å²) in [5.74, 6) is 0.114. The lowest BCUT2D eigenvalue weighted by Gasteiger charge is -2.03. The summed E-state index contributed by atoms with van der Waals surface area (Å²) in [5, 5.41) is 4.67. The highest BCUT2D eigenvalue weighted by Gasteiger charge is 2.02. The Morgan fingerprint density at radius 2 is 1.70 bits per heavy atom. The smallest absolute Gasteiger partial charge is 0.387 e. The fraction of sp³-hybridized carbons (Fsp3) is 0.0714. The van der Waals surface area contributed by atoms with Gasteiger partial charge in [-0.15, -0.1) is 0 Å². The molecule has 104 valence electrons. The Bertz CT molecular complexity index is 571. The van der Waals surface area contributed by atoms with E-state index in [0.717, 1.165) is 11.3 Å². The van der Waals surface area contributed by atoms with Crippen molar-refractivity contribution in [1.29, 1.82) is 0 Å². The van der Waals surface area contributed by atoms with Crippen LogP contribution >= 0.6 is 11.6 Å². The Hall–Kier alpha value is -2.14. The van der Waals surface area contributed by atoms with Gasteiger partial charge in [0.25, 0.3) is 0 Å². The Kier molecular flexibility index (Phi) is 4.90. The normalized spacial score (nSPS) is 11.0. The summed E-state index contributed by atoms with van der Waals surface area (Å²) >= 11 is 5.76. The van der Waals surface area contributed by atoms with E-state index >= 15 is 0 Å². The maximum atomic E-state index is 12.0. The third-order valence-corrected chi connectivity index (χ3v) is 2.61. The van der Waals surface area contributed by atoms with Crippen LogP contribution in [0.25, 0.3) is 0 Å². The van der Waals surface area contributed by atoms with Crippen LogP contribution in [0.5, 0.6) is 5.75 Å². The van der Waals surface area contributed by atoms with E-state index in [9.17, 15) is 8.78 Å². The number of benzene rings is 2. The van der Waals surface area contributed by atoms with Gasteiger partial charge in [-0.25, -0.2) is 0 Å². The number of hydrogen-bond acceptors (Lipinski definition) is 3. The highest BCUT2D eigenvalue weighted by atomic mass is 35.5. The zero-order chi connectivity index (χ0) is 14.4. The van der Waals surface area contributed by atoms with Gasteiger partial charge in [0, 0.05) is 5.02 Å². The topological polar surface area (TPSA) is 33.6 Å². The number of hydrazone groups is 1. The van der Waals surface area contributed by atoms with Crippen molar-refractivity contribution in [2.24, 2.45) is 5.10 Å². The molecule has 0 saturated carbocycles. The predicted octanol–water partition coefficient (Wildman–Crippen LogP) is 4.39. The minimum absolute atomic E-state index is 0.114. The molecule has 0 fully saturated rings. The van der Waals surface area contributed by atoms with E-state index in [1.165, 1.54) is 12.1 Å². The molecule has 3 nitrogen and oxygen atoms in total. The van der Waals surface area contributed by atoms with Crippen LogP contribution in [0.1, 0.15) is 5.56 Å². The van der Waals surface area contributed by atoms with Crippen LogP contribution in [0.4, 0.5) is 14.5 Å². The molecule has 0 atom stereocenters. The van der Waals surface area contributed by atoms with E-state index in [1.807, 2.05) is 0 Å². The van der Waals surface area contributed by atoms with Crippen molar-refractivity contribution in [2.75, 3.05) is 5.43 Å². The Morgan fingerprint density at radius 3 is 2.30 bits per heavy atom. The molecule has 1 N–H and O–H groups in total. The molecule has 6 heteroatoms. The largest absolute Gasteiger partial charge is 0.435 e. The van der Waals surface area contributed by atoms with E-state index in [2.05, 4.69) is 15.3 Å². The van der Waals surface area contributed by atoms with E-state index < -0.39 is 6.61 Å². The Morgan fingerprint density at radius 1 is 1.05 bits per heavy atom. The molecule has 0 heterocycles. The van der Waals surface area contributed by atoms with Crippen LogP contribution in [0.15, 0.2) is 53.6 Å². The molecule has 0 aliphatic rings. The number of alkyl halides is 2. The van der Waals surface area contributed by atoms with Gasteiger partial charge < -0.3 is 4.74 Å². The average molecular weight is 297 g/mol. The third kappa shape index (κ3) is 4.51. The third-order valence-electron chi connectivity index (χ3n) is 2.36. The number of rotatable bonds is 5. The molecule has 0 radical (unpaired) electrons. The highest BCUT2D eigenvalue weighted by Crippen LogP contribution is 2.15. The predicted molar refractivity (Wildman–Crippen MR) is 75.7 cm³/mol. The highest BCUT2D eigenvalue weighted by molar-refractivity contribution is 6.30. The molecule has 0 aliphatic carbocycles. The first-order chi connectivity index (χ1) is 9.63. The fourth-order valence-electron chi connectivity index (χ4n) is 1.44. The standard InChI is InChI=1S/C14H11ClF2N2O/c15-11-3-5-12(6-4-11)19-18-9-10-1-7-13(8-2-10)20-14(16)17/h1-9,14,19H/b18-9-. The second-order valence-electron chi connectivity index (χ2n) is 3.82. The summed E-state index contributed by atoms with van der Waals surface area (Å²) in [4.78, 5) is 0. The van der Waals surface area contributed by atoms with E-state index in [1.54, 1.807) is 42.6 Å². The molecule has 2 aromatic carbocycles. The zero-order valence-electron chi connectivity index (χ0n) is 10.3. The van der Waals surface area contributed by atoms with Crippen LogP contribution in [-0.2, 0) is 0 Å². The number of anilines is 1. The first-order valence-electron chi connectivity index (χ1n) is 5.73. The van der Waals surface area contributed by atoms with Gasteiger partial charge in [0.15, 0.2) is 0 Å². The van der Waals surface area contributed by atoms with Crippen molar-refractivity contribution in [3.8, 4) is 5.75 Å². The van der Waals surface area contributed by atoms with Gasteiger partial charge in [0.05, 0.1) is 11.9 Å². The minimum atomic E-state index is -2.82. The van der Waals surface area contributed by atoms with Crippen LogP contribution in [-0.4, -0.2) is 12.8 Å². The summed E-state index contributed by atoms with van der Waals surface area (Å²) in [6.45, 7) is -2.82. The van der Waals surface area contributed by atoms with Gasteiger partial charge in [0.1, 0.15) is 5.75 Å². The quantitative estimate of drug-likeness (QED) is 0.656. The van der Waals surface area contributed by atoms with E-state index in [-0.39, 0.29) is 5.75 Å². The summed E-state index contributed by atoms with van der Waals surface area (Å²) in [6.07, 6.45) is 1.57. The van der Waals surface area contributed by atoms with Crippen LogP contribution < -0.4 is 10.2 Å². The molecule has 20 heavy (non-hydrogen) atoms. The van der Waals surface area contributed by atoms with Crippen molar-refractivity contribution in [1.82, 2.24) is 0 Å². The summed E-state index contributed by atoms with van der Waals surface area (Å²) in [5.41, 5.74) is 4.38. The number of halogens is 3. The van der Waals surface area contributed by atoms with E-state index in [4.69, 9.17) is 11.6 Å². The maximum absolute atomic E-state index is 12.0. The van der Waals surface area contributed by atoms with Gasteiger partial charge in [-0.3, -0.25) is 5.43 Å². The van der Waals surface area contributed by atoms with Gasteiger partial charge >= 0.3 is 6.61 Å². The zero-order valence-corrected chi connectivity index (χ0v) is 11.0. The molecular formula is C14H11ClF2N2O. The summed E-state index contributed by atoms with van der Waals surface area (Å²) < 4.78 is 28.2. The van der Waals surface area contributed by atoms with Crippen molar-refractivity contribution in [3.63, 3.8) is 0 Å². The second-order valence-corrected chi connectivity index (χ2v) is 4.26. The van der Waals surface area contributed by atoms with Gasteiger partial charge in [-0.2, -0.15) is 13.9 Å². The van der Waals surface area contributed by atoms with Crippen molar-refractivity contribution >= 4 is 23.5 Å². The first kappa shape index (κ1) is 14.3. The molecule has 0 unspecified atom stereocenters. The minimum Gasteiger partial charge on any atom is -0.435 e. The van der Waals surface area contributed by atoms with Crippen LogP contribution in [0, 0.1) is 0 Å². The monoisotopic (exact) mass is 296 g/mol. The summed E-state index contributed by atoms with van der Waals surface area (Å²) in [7, 11) is 0. The van der Waals surface area contributed by atoms with Gasteiger partial charge in [0.2, 0.25) is 0 Å². The average Bonchev–Trinajstić information content (AvgIpc) is 2.42. The number of ether oxygens (including phenoxy) is 1. The second kappa shape index (κ2) is 6.86. The molecule has 0 aromatic heterocycles. The first-order valence-corrected chi connectivity index (χ1v) is 6.11. The Balaban J connectivity index is 1.92. The number of nitrogens with zero attached hydrogens (tertiary/aromatic N) is 1. The number of nitrogens with one attached hydrogen (secondary N) is 1. The lowest BCUT2D eigenvalue weighted by molar-refractivity contribution is -0.0498. The van der Waals surface area contributed by atoms with Crippen LogP contribution in [0.3, 0.4) is 0 Å². The SMILES string of the molecule is FC(F)Oc1ccc(/C=N\Nc2ccc(Cl)cc2)cc1. The Labute approximate surface area is 119 Å². The molecule has 0 spiro atoms. The lowest BCUT2D eigenvalue weighted by Crippen LogP contribution is -2.01. The van der Waals surface area contributed by atoms with Gasteiger partial charge in [-0.1, -0.05) is 11.6 Å². The molecule has 2 aromatic rings. The maximum Gasteiger partial charge on any atom is 0.387 e. The molecule has 0 saturated heterocycles. The molecule has 2 rings (SSSR count). The molecule has 0 aliphatic heterocycles. The molecule has 0 amide bonds. The van der Waals surface area contributed by atoms with Gasteiger partial charge in [-0.05, 0) is 54.1 Å². The fourth-order valence-corrected chi connectivity index (χ4v) is 1.57.